The van der Waals surface area contributed by atoms with Crippen molar-refractivity contribution < 1.29 is 19.8 Å². The topological polar surface area (TPSA) is 74.6 Å². The van der Waals surface area contributed by atoms with E-state index in [4.69, 9.17) is 5.11 Å². The number of Topliss-reactive ketones (excluding diaryl/α,β-unsaturated/α-hetero) is 1. The Balaban J connectivity index is 1.63. The number of carbonyl (C=O) groups excluding carboxylic acids is 1. The van der Waals surface area contributed by atoms with Crippen LogP contribution in [0.15, 0.2) is 12.1 Å². The standard InChI is InChI=1S/C23H30O4/c1-13-10-18-14(11-19(13)24)6-7-17-16(18)8-9-23(2)20(25)12-15(22(17)23)4-3-5-21(26)27/h10-11,15-17,22,24H,3-9,12H2,1-2H3,(H,26,27)/t15-,16+,17-,22+,23-/m1/s1. The molecule has 2 N–H and O–H groups in total. The largest absolute Gasteiger partial charge is 0.508 e. The molecule has 0 amide bonds. The fourth-order valence-electron chi connectivity index (χ4n) is 6.56. The number of carbonyl (C=O) groups is 2. The van der Waals surface area contributed by atoms with Crippen molar-refractivity contribution in [1.82, 2.24) is 0 Å². The van der Waals surface area contributed by atoms with Crippen LogP contribution in [0.25, 0.3) is 0 Å². The van der Waals surface area contributed by atoms with Crippen LogP contribution < -0.4 is 0 Å². The number of benzene rings is 1. The number of phenolic OH excluding ortho intramolecular Hbond substituents is 1. The van der Waals surface area contributed by atoms with Crippen LogP contribution in [0.3, 0.4) is 0 Å². The first-order valence-corrected chi connectivity index (χ1v) is 10.4. The SMILES string of the molecule is Cc1cc2c(cc1O)CC[C@H]1[C@@H]3[C@H](CCCC(=O)O)CC(=O)[C@@]3(C)CC[C@H]21. The zero-order valence-electron chi connectivity index (χ0n) is 16.3. The highest BCUT2D eigenvalue weighted by Crippen LogP contribution is 2.62. The molecule has 4 heteroatoms. The van der Waals surface area contributed by atoms with Crippen molar-refractivity contribution in [3.8, 4) is 5.75 Å². The van der Waals surface area contributed by atoms with Crippen LogP contribution in [0.4, 0.5) is 0 Å². The van der Waals surface area contributed by atoms with E-state index in [9.17, 15) is 14.7 Å². The lowest BCUT2D eigenvalue weighted by Crippen LogP contribution is -2.44. The molecule has 2 saturated carbocycles. The third-order valence-corrected chi connectivity index (χ3v) is 7.85. The van der Waals surface area contributed by atoms with E-state index in [-0.39, 0.29) is 11.8 Å². The number of rotatable bonds is 4. The number of aliphatic carboxylic acids is 1. The summed E-state index contributed by atoms with van der Waals surface area (Å²) in [6, 6.07) is 4.11. The van der Waals surface area contributed by atoms with Crippen LogP contribution in [-0.4, -0.2) is 22.0 Å². The van der Waals surface area contributed by atoms with E-state index in [0.29, 0.717) is 48.0 Å². The molecule has 0 aromatic heterocycles. The number of carboxylic acids is 1. The number of phenols is 1. The van der Waals surface area contributed by atoms with Gasteiger partial charge in [-0.25, -0.2) is 0 Å². The number of aryl methyl sites for hydroxylation is 2. The number of fused-ring (bicyclic) bond motifs is 5. The van der Waals surface area contributed by atoms with E-state index in [1.807, 2.05) is 13.0 Å². The molecule has 0 spiro atoms. The molecule has 0 saturated heterocycles. The quantitative estimate of drug-likeness (QED) is 0.812. The molecule has 0 bridgehead atoms. The van der Waals surface area contributed by atoms with Gasteiger partial charge in [-0.1, -0.05) is 13.0 Å². The van der Waals surface area contributed by atoms with Gasteiger partial charge < -0.3 is 10.2 Å². The lowest BCUT2D eigenvalue weighted by molar-refractivity contribution is -0.137. The summed E-state index contributed by atoms with van der Waals surface area (Å²) in [5.74, 6) is 1.72. The molecule has 146 valence electrons. The number of carboxylic acid groups (broad SMARTS) is 1. The molecular weight excluding hydrogens is 340 g/mol. The van der Waals surface area contributed by atoms with Gasteiger partial charge >= 0.3 is 5.97 Å². The summed E-state index contributed by atoms with van der Waals surface area (Å²) < 4.78 is 0. The van der Waals surface area contributed by atoms with Gasteiger partial charge in [0.05, 0.1) is 0 Å². The summed E-state index contributed by atoms with van der Waals surface area (Å²) >= 11 is 0. The Morgan fingerprint density at radius 3 is 2.81 bits per heavy atom. The van der Waals surface area contributed by atoms with Crippen molar-refractivity contribution in [3.63, 3.8) is 0 Å². The first kappa shape index (κ1) is 18.5. The average Bonchev–Trinajstić information content (AvgIpc) is 2.86. The first-order chi connectivity index (χ1) is 12.8. The van der Waals surface area contributed by atoms with Crippen LogP contribution in [0.1, 0.15) is 74.5 Å². The molecule has 1 aromatic carbocycles. The minimum Gasteiger partial charge on any atom is -0.508 e. The summed E-state index contributed by atoms with van der Waals surface area (Å²) in [4.78, 5) is 23.8. The second-order valence-electron chi connectivity index (χ2n) is 9.30. The first-order valence-electron chi connectivity index (χ1n) is 10.4. The Labute approximate surface area is 161 Å². The maximum atomic E-state index is 12.9. The van der Waals surface area contributed by atoms with Gasteiger partial charge in [0.1, 0.15) is 11.5 Å². The second-order valence-corrected chi connectivity index (χ2v) is 9.30. The highest BCUT2D eigenvalue weighted by atomic mass is 16.4. The summed E-state index contributed by atoms with van der Waals surface area (Å²) in [5, 5.41) is 19.1. The molecule has 4 rings (SSSR count). The monoisotopic (exact) mass is 370 g/mol. The molecule has 3 aliphatic carbocycles. The van der Waals surface area contributed by atoms with Crippen molar-refractivity contribution >= 4 is 11.8 Å². The summed E-state index contributed by atoms with van der Waals surface area (Å²) in [7, 11) is 0. The molecular formula is C23H30O4. The highest BCUT2D eigenvalue weighted by molar-refractivity contribution is 5.87. The summed E-state index contributed by atoms with van der Waals surface area (Å²) in [6.07, 6.45) is 6.36. The predicted molar refractivity (Wildman–Crippen MR) is 103 cm³/mol. The lowest BCUT2D eigenvalue weighted by atomic mass is 9.54. The van der Waals surface area contributed by atoms with Gasteiger partial charge in [0.2, 0.25) is 0 Å². The Kier molecular flexibility index (Phi) is 4.56. The Morgan fingerprint density at radius 1 is 1.30 bits per heavy atom. The number of hydrogen-bond acceptors (Lipinski definition) is 3. The zero-order chi connectivity index (χ0) is 19.3. The fraction of sp³-hybridized carbons (Fsp3) is 0.652. The second kappa shape index (κ2) is 6.65. The van der Waals surface area contributed by atoms with E-state index in [1.54, 1.807) is 0 Å². The van der Waals surface area contributed by atoms with Gasteiger partial charge in [0, 0.05) is 18.3 Å². The summed E-state index contributed by atoms with van der Waals surface area (Å²) in [5.41, 5.74) is 3.36. The maximum Gasteiger partial charge on any atom is 0.303 e. The van der Waals surface area contributed by atoms with Crippen molar-refractivity contribution in [3.05, 3.63) is 28.8 Å². The van der Waals surface area contributed by atoms with E-state index >= 15 is 0 Å². The van der Waals surface area contributed by atoms with Crippen LogP contribution >= 0.6 is 0 Å². The van der Waals surface area contributed by atoms with Crippen LogP contribution in [0.5, 0.6) is 5.75 Å². The molecule has 2 fully saturated rings. The maximum absolute atomic E-state index is 12.9. The molecule has 0 heterocycles. The van der Waals surface area contributed by atoms with Gasteiger partial charge in [-0.15, -0.1) is 0 Å². The molecule has 1 aromatic rings. The van der Waals surface area contributed by atoms with Gasteiger partial charge in [-0.05, 0) is 91.9 Å². The average molecular weight is 370 g/mol. The molecule has 0 unspecified atom stereocenters. The Bertz CT molecular complexity index is 783. The van der Waals surface area contributed by atoms with E-state index in [2.05, 4.69) is 13.0 Å². The van der Waals surface area contributed by atoms with Crippen molar-refractivity contribution in [1.29, 1.82) is 0 Å². The van der Waals surface area contributed by atoms with E-state index in [0.717, 1.165) is 37.7 Å². The number of hydrogen-bond donors (Lipinski definition) is 2. The smallest absolute Gasteiger partial charge is 0.303 e. The number of ketones is 1. The van der Waals surface area contributed by atoms with Gasteiger partial charge in [0.15, 0.2) is 0 Å². The summed E-state index contributed by atoms with van der Waals surface area (Å²) in [6.45, 7) is 4.13. The normalized spacial score (nSPS) is 34.7. The van der Waals surface area contributed by atoms with Crippen LogP contribution in [0, 0.1) is 30.1 Å². The lowest BCUT2D eigenvalue weighted by Gasteiger charge is -2.50. The van der Waals surface area contributed by atoms with E-state index < -0.39 is 5.97 Å². The van der Waals surface area contributed by atoms with Crippen LogP contribution in [0.2, 0.25) is 0 Å². The van der Waals surface area contributed by atoms with Crippen molar-refractivity contribution in [2.75, 3.05) is 0 Å². The molecule has 5 atom stereocenters. The minimum atomic E-state index is -0.745. The van der Waals surface area contributed by atoms with Gasteiger partial charge in [-0.3, -0.25) is 9.59 Å². The molecule has 4 nitrogen and oxygen atoms in total. The van der Waals surface area contributed by atoms with Gasteiger partial charge in [0.25, 0.3) is 0 Å². The Hall–Kier alpha value is -1.84. The molecule has 0 aliphatic heterocycles. The third kappa shape index (κ3) is 2.97. The predicted octanol–water partition coefficient (Wildman–Crippen LogP) is 4.61. The minimum absolute atomic E-state index is 0.198. The van der Waals surface area contributed by atoms with Crippen LogP contribution in [-0.2, 0) is 16.0 Å². The molecule has 3 aliphatic rings. The highest BCUT2D eigenvalue weighted by Gasteiger charge is 2.58. The molecule has 27 heavy (non-hydrogen) atoms. The fourth-order valence-corrected chi connectivity index (χ4v) is 6.56. The number of aromatic hydroxyl groups is 1. The van der Waals surface area contributed by atoms with Crippen molar-refractivity contribution in [2.24, 2.45) is 23.2 Å². The van der Waals surface area contributed by atoms with Crippen molar-refractivity contribution in [2.45, 2.75) is 71.1 Å². The Morgan fingerprint density at radius 2 is 2.07 bits per heavy atom. The molecule has 0 radical (unpaired) electrons. The zero-order valence-corrected chi connectivity index (χ0v) is 16.3. The third-order valence-electron chi connectivity index (χ3n) is 7.85. The van der Waals surface area contributed by atoms with E-state index in [1.165, 1.54) is 11.1 Å². The van der Waals surface area contributed by atoms with Gasteiger partial charge in [-0.2, -0.15) is 0 Å².